The van der Waals surface area contributed by atoms with Gasteiger partial charge in [-0.05, 0) is 24.3 Å². The van der Waals surface area contributed by atoms with E-state index in [0.717, 1.165) is 11.1 Å². The molecule has 0 bridgehead atoms. The monoisotopic (exact) mass is 332 g/mol. The highest BCUT2D eigenvalue weighted by Gasteiger charge is 2.11. The summed E-state index contributed by atoms with van der Waals surface area (Å²) in [5.74, 6) is 0. The van der Waals surface area contributed by atoms with Gasteiger partial charge in [0.25, 0.3) is 0 Å². The Hall–Kier alpha value is -2.30. The van der Waals surface area contributed by atoms with Crippen LogP contribution in [0.15, 0.2) is 70.1 Å². The third-order valence-corrected chi connectivity index (χ3v) is 3.43. The Bertz CT molecular complexity index is 737. The molecule has 0 fully saturated rings. The number of halogens is 2. The van der Waals surface area contributed by atoms with Crippen LogP contribution in [0.25, 0.3) is 22.5 Å². The molecule has 0 aliphatic rings. The summed E-state index contributed by atoms with van der Waals surface area (Å²) < 4.78 is 10.2. The van der Waals surface area contributed by atoms with Crippen molar-refractivity contribution < 1.29 is 9.05 Å². The van der Waals surface area contributed by atoms with Crippen LogP contribution >= 0.6 is 23.2 Å². The molecule has 22 heavy (non-hydrogen) atoms. The van der Waals surface area contributed by atoms with E-state index in [9.17, 15) is 0 Å². The van der Waals surface area contributed by atoms with Crippen molar-refractivity contribution >= 4 is 23.2 Å². The van der Waals surface area contributed by atoms with Gasteiger partial charge >= 0.3 is 0 Å². The minimum absolute atomic E-state index is 0.531. The molecule has 1 aromatic heterocycles. The molecule has 0 atom stereocenters. The average Bonchev–Trinajstić information content (AvgIpc) is 2.50. The van der Waals surface area contributed by atoms with E-state index in [0.29, 0.717) is 21.4 Å². The van der Waals surface area contributed by atoms with E-state index in [1.165, 1.54) is 12.5 Å². The smallest absolute Gasteiger partial charge is 0.159 e. The molecule has 110 valence electrons. The molecule has 3 rings (SSSR count). The van der Waals surface area contributed by atoms with E-state index < -0.39 is 0 Å². The number of nitrogens with zero attached hydrogens (tertiary/aromatic N) is 2. The Morgan fingerprint density at radius 2 is 0.955 bits per heavy atom. The van der Waals surface area contributed by atoms with E-state index in [1.807, 2.05) is 24.3 Å². The Kier molecular flexibility index (Phi) is 4.42. The summed E-state index contributed by atoms with van der Waals surface area (Å²) in [5.41, 5.74) is 2.67. The maximum Gasteiger partial charge on any atom is 0.159 e. The highest BCUT2D eigenvalue weighted by molar-refractivity contribution is 6.31. The molecule has 0 spiro atoms. The average molecular weight is 333 g/mol. The third-order valence-electron chi connectivity index (χ3n) is 2.92. The zero-order chi connectivity index (χ0) is 15.4. The molecule has 0 unspecified atom stereocenters. The van der Waals surface area contributed by atoms with Crippen LogP contribution in [0.4, 0.5) is 0 Å². The van der Waals surface area contributed by atoms with Crippen molar-refractivity contribution in [1.29, 1.82) is 0 Å². The van der Waals surface area contributed by atoms with Crippen LogP contribution in [0.1, 0.15) is 0 Å². The van der Waals surface area contributed by atoms with Gasteiger partial charge in [-0.1, -0.05) is 57.8 Å². The molecule has 4 nitrogen and oxygen atoms in total. The Morgan fingerprint density at radius 1 is 0.591 bits per heavy atom. The summed E-state index contributed by atoms with van der Waals surface area (Å²) in [7, 11) is 0. The number of hydrogen-bond donors (Lipinski definition) is 0. The van der Waals surface area contributed by atoms with E-state index in [4.69, 9.17) is 32.2 Å². The molecule has 0 saturated carbocycles. The molecule has 1 heterocycles. The van der Waals surface area contributed by atoms with Gasteiger partial charge < -0.3 is 9.05 Å². The third kappa shape index (κ3) is 3.30. The predicted octanol–water partition coefficient (Wildman–Crippen LogP) is 5.43. The first-order valence-corrected chi connectivity index (χ1v) is 7.14. The second-order valence-electron chi connectivity index (χ2n) is 4.38. The quantitative estimate of drug-likeness (QED) is 0.628. The molecule has 0 aliphatic carbocycles. The van der Waals surface area contributed by atoms with Crippen LogP contribution in [0.5, 0.6) is 0 Å². The summed E-state index contributed by atoms with van der Waals surface area (Å²) in [4.78, 5) is 0. The molecule has 0 N–H and O–H groups in total. The van der Waals surface area contributed by atoms with Crippen molar-refractivity contribution in [2.24, 2.45) is 0 Å². The minimum Gasteiger partial charge on any atom is -0.361 e. The van der Waals surface area contributed by atoms with Gasteiger partial charge in [0.2, 0.25) is 0 Å². The molecule has 0 aliphatic heterocycles. The van der Waals surface area contributed by atoms with Crippen LogP contribution in [-0.2, 0) is 0 Å². The lowest BCUT2D eigenvalue weighted by Crippen LogP contribution is -1.90. The van der Waals surface area contributed by atoms with Crippen molar-refractivity contribution in [3.05, 3.63) is 71.1 Å². The fraction of sp³-hybridized carbons (Fsp3) is 0. The van der Waals surface area contributed by atoms with Gasteiger partial charge in [-0.2, -0.15) is 0 Å². The molecule has 3 aromatic rings. The number of rotatable bonds is 2. The van der Waals surface area contributed by atoms with E-state index in [1.54, 1.807) is 24.3 Å². The van der Waals surface area contributed by atoms with Crippen LogP contribution in [0.3, 0.4) is 0 Å². The maximum atomic E-state index is 5.93. The molecular weight excluding hydrogens is 323 g/mol. The summed E-state index contributed by atoms with van der Waals surface area (Å²) in [6, 6.07) is 14.4. The standard InChI is InChI=1S/C16H10Cl2N2O2/c17-13-5-1-11(2-6-13)15-16(20-22-10-9-21-19-15)12-3-7-14(18)8-4-12/h1-10H. The Balaban J connectivity index is 2.22. The zero-order valence-corrected chi connectivity index (χ0v) is 12.8. The van der Waals surface area contributed by atoms with Crippen molar-refractivity contribution in [2.45, 2.75) is 0 Å². The molecular formula is C16H10Cl2N2O2. The summed E-state index contributed by atoms with van der Waals surface area (Å²) in [5, 5.41) is 9.49. The van der Waals surface area contributed by atoms with Crippen LogP contribution in [0.2, 0.25) is 10.0 Å². The fourth-order valence-corrected chi connectivity index (χ4v) is 2.15. The van der Waals surface area contributed by atoms with Gasteiger partial charge in [-0.25, -0.2) is 0 Å². The van der Waals surface area contributed by atoms with Crippen LogP contribution in [0, 0.1) is 0 Å². The molecule has 0 saturated heterocycles. The molecule has 2 aromatic carbocycles. The van der Waals surface area contributed by atoms with Crippen molar-refractivity contribution in [2.75, 3.05) is 0 Å². The Morgan fingerprint density at radius 3 is 1.32 bits per heavy atom. The van der Waals surface area contributed by atoms with E-state index in [2.05, 4.69) is 10.3 Å². The summed E-state index contributed by atoms with van der Waals surface area (Å²) in [6.07, 6.45) is 2.61. The zero-order valence-electron chi connectivity index (χ0n) is 11.2. The highest BCUT2D eigenvalue weighted by Crippen LogP contribution is 2.29. The first kappa shape index (κ1) is 14.6. The lowest BCUT2D eigenvalue weighted by atomic mass is 10.1. The number of aromatic nitrogens is 2. The van der Waals surface area contributed by atoms with Crippen molar-refractivity contribution in [1.82, 2.24) is 10.3 Å². The fourth-order valence-electron chi connectivity index (χ4n) is 1.90. The van der Waals surface area contributed by atoms with Gasteiger partial charge in [-0.3, -0.25) is 0 Å². The maximum absolute atomic E-state index is 5.93. The van der Waals surface area contributed by atoms with E-state index >= 15 is 0 Å². The van der Waals surface area contributed by atoms with Gasteiger partial charge in [0, 0.05) is 21.2 Å². The van der Waals surface area contributed by atoms with Crippen LogP contribution < -0.4 is 0 Å². The number of benzene rings is 2. The SMILES string of the molecule is Clc1ccc(-c2nocconc2-c2ccc(Cl)cc2)cc1. The molecule has 0 radical (unpaired) electrons. The Labute approximate surface area is 136 Å². The highest BCUT2D eigenvalue weighted by atomic mass is 35.5. The van der Waals surface area contributed by atoms with Gasteiger partial charge in [-0.15, -0.1) is 0 Å². The summed E-state index contributed by atoms with van der Waals surface area (Å²) >= 11 is 11.9. The molecule has 6 heteroatoms. The van der Waals surface area contributed by atoms with Gasteiger partial charge in [0.1, 0.15) is 11.4 Å². The minimum atomic E-state index is 0.531. The van der Waals surface area contributed by atoms with Crippen molar-refractivity contribution in [3.63, 3.8) is 0 Å². The normalized spacial score (nSPS) is 10.3. The largest absolute Gasteiger partial charge is 0.361 e. The second kappa shape index (κ2) is 6.64. The number of hydrogen-bond acceptors (Lipinski definition) is 4. The first-order valence-electron chi connectivity index (χ1n) is 6.39. The topological polar surface area (TPSA) is 52.1 Å². The second-order valence-corrected chi connectivity index (χ2v) is 5.25. The van der Waals surface area contributed by atoms with Gasteiger partial charge in [0.05, 0.1) is 0 Å². The summed E-state index contributed by atoms with van der Waals surface area (Å²) in [6.45, 7) is 0. The molecule has 0 amide bonds. The van der Waals surface area contributed by atoms with Crippen molar-refractivity contribution in [3.8, 4) is 22.5 Å². The predicted molar refractivity (Wildman–Crippen MR) is 85.1 cm³/mol. The van der Waals surface area contributed by atoms with Crippen LogP contribution in [-0.4, -0.2) is 10.3 Å². The lowest BCUT2D eigenvalue weighted by Gasteiger charge is -2.04. The first-order chi connectivity index (χ1) is 10.7. The van der Waals surface area contributed by atoms with Gasteiger partial charge in [0.15, 0.2) is 12.5 Å². The lowest BCUT2D eigenvalue weighted by molar-refractivity contribution is 0.352. The van der Waals surface area contributed by atoms with E-state index in [-0.39, 0.29) is 0 Å².